The molecular formula is C25H24N6. The van der Waals surface area contributed by atoms with E-state index in [1.165, 1.54) is 23.8 Å². The molecule has 1 saturated heterocycles. The van der Waals surface area contributed by atoms with Crippen molar-refractivity contribution < 1.29 is 0 Å². The lowest BCUT2D eigenvalue weighted by atomic mass is 10.0. The van der Waals surface area contributed by atoms with Crippen LogP contribution in [-0.2, 0) is 0 Å². The monoisotopic (exact) mass is 408 g/mol. The zero-order chi connectivity index (χ0) is 20.6. The molecule has 4 heterocycles. The zero-order valence-corrected chi connectivity index (χ0v) is 17.3. The van der Waals surface area contributed by atoms with E-state index in [1.54, 1.807) is 0 Å². The summed E-state index contributed by atoms with van der Waals surface area (Å²) < 4.78 is 0. The second kappa shape index (κ2) is 7.71. The van der Waals surface area contributed by atoms with Gasteiger partial charge in [0.2, 0.25) is 0 Å². The number of fused-ring (bicyclic) bond motifs is 1. The highest BCUT2D eigenvalue weighted by atomic mass is 15.2. The van der Waals surface area contributed by atoms with Crippen molar-refractivity contribution in [2.24, 2.45) is 0 Å². The molecule has 0 amide bonds. The maximum atomic E-state index is 5.18. The number of benzene rings is 1. The quantitative estimate of drug-likeness (QED) is 0.550. The molecule has 1 saturated carbocycles. The fourth-order valence-corrected chi connectivity index (χ4v) is 4.46. The second-order valence-corrected chi connectivity index (χ2v) is 8.29. The van der Waals surface area contributed by atoms with Crippen LogP contribution in [0.25, 0.3) is 33.4 Å². The highest BCUT2D eigenvalue weighted by Crippen LogP contribution is 2.45. The molecule has 6 nitrogen and oxygen atoms in total. The summed E-state index contributed by atoms with van der Waals surface area (Å²) in [6.07, 6.45) is 10.1. The van der Waals surface area contributed by atoms with Crippen molar-refractivity contribution in [1.82, 2.24) is 25.3 Å². The van der Waals surface area contributed by atoms with Gasteiger partial charge in [-0.25, -0.2) is 9.97 Å². The van der Waals surface area contributed by atoms with Crippen LogP contribution in [0.2, 0.25) is 0 Å². The predicted molar refractivity (Wildman–Crippen MR) is 123 cm³/mol. The van der Waals surface area contributed by atoms with E-state index in [0.717, 1.165) is 60.0 Å². The van der Waals surface area contributed by atoms with E-state index in [1.807, 2.05) is 49.1 Å². The molecule has 6 rings (SSSR count). The lowest BCUT2D eigenvalue weighted by Crippen LogP contribution is -2.44. The second-order valence-electron chi connectivity index (χ2n) is 8.29. The minimum atomic E-state index is 0.591. The summed E-state index contributed by atoms with van der Waals surface area (Å²) in [6, 6.07) is 12.3. The topological polar surface area (TPSA) is 66.8 Å². The first-order chi connectivity index (χ1) is 15.4. The van der Waals surface area contributed by atoms with Crippen LogP contribution in [-0.4, -0.2) is 46.1 Å². The molecular weight excluding hydrogens is 384 g/mol. The molecule has 3 aromatic heterocycles. The van der Waals surface area contributed by atoms with E-state index in [-0.39, 0.29) is 0 Å². The first kappa shape index (κ1) is 18.4. The molecule has 2 aliphatic rings. The van der Waals surface area contributed by atoms with Crippen LogP contribution in [0.15, 0.2) is 61.2 Å². The van der Waals surface area contributed by atoms with E-state index < -0.39 is 0 Å². The molecule has 0 unspecified atom stereocenters. The Morgan fingerprint density at radius 2 is 1.68 bits per heavy atom. The first-order valence-corrected chi connectivity index (χ1v) is 11.0. The smallest absolute Gasteiger partial charge is 0.162 e. The van der Waals surface area contributed by atoms with Crippen molar-refractivity contribution in [2.45, 2.75) is 18.8 Å². The van der Waals surface area contributed by atoms with Gasteiger partial charge in [-0.2, -0.15) is 0 Å². The number of rotatable bonds is 4. The lowest BCUT2D eigenvalue weighted by Gasteiger charge is -2.30. The van der Waals surface area contributed by atoms with Crippen LogP contribution in [0.5, 0.6) is 0 Å². The van der Waals surface area contributed by atoms with Gasteiger partial charge in [0, 0.05) is 61.3 Å². The van der Waals surface area contributed by atoms with E-state index in [9.17, 15) is 0 Å². The molecule has 4 aromatic rings. The Hall–Kier alpha value is -3.38. The lowest BCUT2D eigenvalue weighted by molar-refractivity contribution is 0.586. The predicted octanol–water partition coefficient (Wildman–Crippen LogP) is 4.04. The molecule has 154 valence electrons. The number of nitrogens with zero attached hydrogens (tertiary/aromatic N) is 5. The summed E-state index contributed by atoms with van der Waals surface area (Å²) in [5.74, 6) is 2.37. The third kappa shape index (κ3) is 3.43. The van der Waals surface area contributed by atoms with Gasteiger partial charge in [0.25, 0.3) is 0 Å². The number of pyridine rings is 2. The highest BCUT2D eigenvalue weighted by molar-refractivity contribution is 5.95. The van der Waals surface area contributed by atoms with Crippen LogP contribution in [0.1, 0.15) is 24.3 Å². The Bertz CT molecular complexity index is 1230. The Kier molecular flexibility index (Phi) is 4.57. The Labute approximate surface area is 181 Å². The number of aromatic nitrogens is 4. The van der Waals surface area contributed by atoms with Gasteiger partial charge in [-0.3, -0.25) is 9.97 Å². The maximum absolute atomic E-state index is 5.18. The van der Waals surface area contributed by atoms with Crippen molar-refractivity contribution in [1.29, 1.82) is 0 Å². The summed E-state index contributed by atoms with van der Waals surface area (Å²) in [6.45, 7) is 3.82. The van der Waals surface area contributed by atoms with E-state index in [2.05, 4.69) is 32.3 Å². The average Bonchev–Trinajstić information content (AvgIpc) is 3.70. The summed E-state index contributed by atoms with van der Waals surface area (Å²) in [4.78, 5) is 21.5. The van der Waals surface area contributed by atoms with Crippen molar-refractivity contribution in [3.8, 4) is 22.5 Å². The van der Waals surface area contributed by atoms with Gasteiger partial charge < -0.3 is 10.2 Å². The average molecular weight is 409 g/mol. The summed E-state index contributed by atoms with van der Waals surface area (Å²) in [5.41, 5.74) is 5.38. The van der Waals surface area contributed by atoms with Crippen molar-refractivity contribution >= 4 is 16.7 Å². The largest absolute Gasteiger partial charge is 0.353 e. The van der Waals surface area contributed by atoms with Crippen molar-refractivity contribution in [3.05, 3.63) is 66.7 Å². The first-order valence-electron chi connectivity index (χ1n) is 11.0. The van der Waals surface area contributed by atoms with E-state index in [4.69, 9.17) is 9.97 Å². The molecule has 2 fully saturated rings. The van der Waals surface area contributed by atoms with Crippen LogP contribution < -0.4 is 10.2 Å². The summed E-state index contributed by atoms with van der Waals surface area (Å²) in [5, 5.41) is 4.63. The van der Waals surface area contributed by atoms with Gasteiger partial charge in [-0.1, -0.05) is 30.3 Å². The third-order valence-corrected chi connectivity index (χ3v) is 6.20. The third-order valence-electron chi connectivity index (χ3n) is 6.20. The molecule has 0 bridgehead atoms. The molecule has 0 radical (unpaired) electrons. The Morgan fingerprint density at radius 3 is 2.48 bits per heavy atom. The fraction of sp³-hybridized carbons (Fsp3) is 0.280. The molecule has 1 aliphatic heterocycles. The van der Waals surface area contributed by atoms with E-state index in [0.29, 0.717) is 5.92 Å². The van der Waals surface area contributed by atoms with Gasteiger partial charge in [0.15, 0.2) is 5.82 Å². The van der Waals surface area contributed by atoms with Crippen LogP contribution >= 0.6 is 0 Å². The van der Waals surface area contributed by atoms with Crippen LogP contribution in [0, 0.1) is 0 Å². The number of piperazine rings is 1. The summed E-state index contributed by atoms with van der Waals surface area (Å²) in [7, 11) is 0. The van der Waals surface area contributed by atoms with Gasteiger partial charge >= 0.3 is 0 Å². The van der Waals surface area contributed by atoms with Gasteiger partial charge in [-0.05, 0) is 36.0 Å². The molecule has 0 atom stereocenters. The number of anilines is 1. The minimum absolute atomic E-state index is 0.591. The maximum Gasteiger partial charge on any atom is 0.162 e. The standard InChI is InChI=1S/C25H24N6/c1-2-4-17(5-3-1)20-14-27-9-8-19(20)24-29-22-16-28-15-21(18-6-7-18)23(22)25(30-24)31-12-10-26-11-13-31/h1-5,8-9,14-16,18,26H,6-7,10-13H2. The normalized spacial score (nSPS) is 16.6. The molecule has 1 aliphatic carbocycles. The Morgan fingerprint density at radius 1 is 0.839 bits per heavy atom. The van der Waals surface area contributed by atoms with Crippen LogP contribution in [0.3, 0.4) is 0 Å². The number of hydrogen-bond donors (Lipinski definition) is 1. The van der Waals surface area contributed by atoms with Crippen molar-refractivity contribution in [3.63, 3.8) is 0 Å². The summed E-state index contributed by atoms with van der Waals surface area (Å²) >= 11 is 0. The SMILES string of the molecule is c1ccc(-c2cnccc2-c2nc(N3CCNCC3)c3c(C4CC4)cncc3n2)cc1. The van der Waals surface area contributed by atoms with Crippen LogP contribution in [0.4, 0.5) is 5.82 Å². The number of hydrogen-bond acceptors (Lipinski definition) is 6. The number of nitrogens with one attached hydrogen (secondary N) is 1. The molecule has 31 heavy (non-hydrogen) atoms. The minimum Gasteiger partial charge on any atom is -0.353 e. The fourth-order valence-electron chi connectivity index (χ4n) is 4.46. The van der Waals surface area contributed by atoms with Gasteiger partial charge in [0.1, 0.15) is 5.82 Å². The van der Waals surface area contributed by atoms with Crippen molar-refractivity contribution in [2.75, 3.05) is 31.1 Å². The highest BCUT2D eigenvalue weighted by Gasteiger charge is 2.29. The molecule has 1 aromatic carbocycles. The van der Waals surface area contributed by atoms with Gasteiger partial charge in [-0.15, -0.1) is 0 Å². The van der Waals surface area contributed by atoms with E-state index >= 15 is 0 Å². The molecule has 0 spiro atoms. The molecule has 1 N–H and O–H groups in total. The van der Waals surface area contributed by atoms with Gasteiger partial charge in [0.05, 0.1) is 11.7 Å². The zero-order valence-electron chi connectivity index (χ0n) is 17.3. The Balaban J connectivity index is 1.58. The molecule has 6 heteroatoms.